The number of hydrogen-bond donors (Lipinski definition) is 1. The second kappa shape index (κ2) is 5.29. The Morgan fingerprint density at radius 3 is 2.53 bits per heavy atom. The number of ether oxygens (including phenoxy) is 2. The Kier molecular flexibility index (Phi) is 4.03. The summed E-state index contributed by atoms with van der Waals surface area (Å²) >= 11 is 0. The molecule has 0 radical (unpaired) electrons. The van der Waals surface area contributed by atoms with E-state index in [1.54, 1.807) is 0 Å². The fraction of sp³-hybridized carbons (Fsp3) is 0.273. The van der Waals surface area contributed by atoms with Crippen molar-refractivity contribution in [2.24, 2.45) is 5.73 Å². The number of carbonyl (C=O) groups is 2. The predicted octanol–water partition coefficient (Wildman–Crippen LogP) is 0.865. The van der Waals surface area contributed by atoms with E-state index in [9.17, 15) is 14.0 Å². The summed E-state index contributed by atoms with van der Waals surface area (Å²) in [5.74, 6) is -2.25. The van der Waals surface area contributed by atoms with Crippen LogP contribution >= 0.6 is 0 Å². The molecule has 0 fully saturated rings. The van der Waals surface area contributed by atoms with Gasteiger partial charge in [-0.3, -0.25) is 4.79 Å². The van der Waals surface area contributed by atoms with E-state index in [4.69, 9.17) is 10.5 Å². The molecule has 0 saturated heterocycles. The molecule has 0 heterocycles. The predicted molar refractivity (Wildman–Crippen MR) is 57.0 cm³/mol. The molecule has 0 aliphatic heterocycles. The van der Waals surface area contributed by atoms with Gasteiger partial charge in [-0.25, -0.2) is 9.18 Å². The molecule has 92 valence electrons. The van der Waals surface area contributed by atoms with Gasteiger partial charge in [-0.2, -0.15) is 0 Å². The van der Waals surface area contributed by atoms with Gasteiger partial charge in [-0.1, -0.05) is 0 Å². The zero-order chi connectivity index (χ0) is 13.0. The second-order valence-corrected chi connectivity index (χ2v) is 3.30. The van der Waals surface area contributed by atoms with Gasteiger partial charge in [0.2, 0.25) is 0 Å². The molecule has 2 N–H and O–H groups in total. The molecular weight excluding hydrogens is 229 g/mol. The first-order chi connectivity index (χ1) is 7.95. The van der Waals surface area contributed by atoms with Gasteiger partial charge in [0.1, 0.15) is 11.6 Å². The average Bonchev–Trinajstić information content (AvgIpc) is 2.28. The van der Waals surface area contributed by atoms with Crippen molar-refractivity contribution in [1.82, 2.24) is 0 Å². The number of hydrogen-bond acceptors (Lipinski definition) is 4. The van der Waals surface area contributed by atoms with Gasteiger partial charge in [-0.15, -0.1) is 0 Å². The van der Waals surface area contributed by atoms with Crippen LogP contribution in [0.15, 0.2) is 18.2 Å². The number of amides is 1. The van der Waals surface area contributed by atoms with Crippen LogP contribution in [0.2, 0.25) is 0 Å². The number of methoxy groups -OCH3 is 1. The highest BCUT2D eigenvalue weighted by Gasteiger charge is 2.19. The van der Waals surface area contributed by atoms with Crippen molar-refractivity contribution in [3.8, 4) is 5.75 Å². The summed E-state index contributed by atoms with van der Waals surface area (Å²) in [6.07, 6.45) is -1.11. The van der Waals surface area contributed by atoms with Crippen LogP contribution in [0.3, 0.4) is 0 Å². The molecule has 1 rings (SSSR count). The van der Waals surface area contributed by atoms with E-state index in [1.807, 2.05) is 0 Å². The zero-order valence-corrected chi connectivity index (χ0v) is 9.40. The summed E-state index contributed by atoms with van der Waals surface area (Å²) < 4.78 is 22.9. The van der Waals surface area contributed by atoms with Crippen LogP contribution in [-0.2, 0) is 9.53 Å². The fourth-order valence-electron chi connectivity index (χ4n) is 1.07. The summed E-state index contributed by atoms with van der Waals surface area (Å²) in [5.41, 5.74) is 4.64. The van der Waals surface area contributed by atoms with Crippen molar-refractivity contribution >= 4 is 11.9 Å². The van der Waals surface area contributed by atoms with Crippen LogP contribution in [0.1, 0.15) is 17.3 Å². The first-order valence-electron chi connectivity index (χ1n) is 4.79. The Morgan fingerprint density at radius 2 is 2.06 bits per heavy atom. The summed E-state index contributed by atoms with van der Waals surface area (Å²) in [6, 6.07) is 3.67. The molecular formula is C11H12FNO4. The molecule has 0 saturated carbocycles. The van der Waals surface area contributed by atoms with E-state index in [1.165, 1.54) is 26.2 Å². The smallest absolute Gasteiger partial charge is 0.341 e. The third-order valence-corrected chi connectivity index (χ3v) is 2.08. The molecule has 17 heavy (non-hydrogen) atoms. The van der Waals surface area contributed by atoms with Crippen LogP contribution in [0.4, 0.5) is 4.39 Å². The van der Waals surface area contributed by atoms with Crippen molar-refractivity contribution in [2.45, 2.75) is 13.0 Å². The molecule has 0 aliphatic rings. The number of primary amides is 1. The van der Waals surface area contributed by atoms with Gasteiger partial charge in [0, 0.05) is 6.07 Å². The number of carbonyl (C=O) groups excluding carboxylic acids is 2. The minimum Gasteiger partial charge on any atom is -0.497 e. The molecule has 1 amide bonds. The molecule has 1 aromatic carbocycles. The van der Waals surface area contributed by atoms with Crippen LogP contribution in [-0.4, -0.2) is 25.1 Å². The topological polar surface area (TPSA) is 78.6 Å². The lowest BCUT2D eigenvalue weighted by atomic mass is 10.2. The van der Waals surface area contributed by atoms with Crippen LogP contribution in [0.5, 0.6) is 5.75 Å². The lowest BCUT2D eigenvalue weighted by molar-refractivity contribution is -0.125. The highest BCUT2D eigenvalue weighted by Crippen LogP contribution is 2.17. The Morgan fingerprint density at radius 1 is 1.41 bits per heavy atom. The summed E-state index contributed by atoms with van der Waals surface area (Å²) in [6.45, 7) is 1.31. The maximum absolute atomic E-state index is 13.4. The van der Waals surface area contributed by atoms with E-state index < -0.39 is 23.8 Å². The van der Waals surface area contributed by atoms with Crippen LogP contribution in [0.25, 0.3) is 0 Å². The van der Waals surface area contributed by atoms with Gasteiger partial charge in [0.15, 0.2) is 6.10 Å². The SMILES string of the molecule is COc1ccc(C(=O)O[C@H](C)C(N)=O)c(F)c1. The number of halogens is 1. The van der Waals surface area contributed by atoms with Crippen LogP contribution < -0.4 is 10.5 Å². The normalized spacial score (nSPS) is 11.7. The van der Waals surface area contributed by atoms with E-state index in [0.717, 1.165) is 6.07 Å². The standard InChI is InChI=1S/C11H12FNO4/c1-6(10(13)14)17-11(15)8-4-3-7(16-2)5-9(8)12/h3-6H,1-2H3,(H2,13,14)/t6-/m1/s1. The third kappa shape index (κ3) is 3.17. The minimum absolute atomic E-state index is 0.279. The fourth-order valence-corrected chi connectivity index (χ4v) is 1.07. The van der Waals surface area contributed by atoms with Gasteiger partial charge < -0.3 is 15.2 Å². The first kappa shape index (κ1) is 13.0. The summed E-state index contributed by atoms with van der Waals surface area (Å²) in [5, 5.41) is 0. The lowest BCUT2D eigenvalue weighted by Crippen LogP contribution is -2.30. The number of rotatable bonds is 4. The number of benzene rings is 1. The van der Waals surface area contributed by atoms with E-state index in [2.05, 4.69) is 4.74 Å². The van der Waals surface area contributed by atoms with Gasteiger partial charge in [0.05, 0.1) is 12.7 Å². The Hall–Kier alpha value is -2.11. The van der Waals surface area contributed by atoms with Gasteiger partial charge in [0.25, 0.3) is 5.91 Å². The van der Waals surface area contributed by atoms with Gasteiger partial charge >= 0.3 is 5.97 Å². The minimum atomic E-state index is -1.11. The van der Waals surface area contributed by atoms with Crippen molar-refractivity contribution in [3.05, 3.63) is 29.6 Å². The molecule has 1 aromatic rings. The maximum atomic E-state index is 13.4. The van der Waals surface area contributed by atoms with E-state index >= 15 is 0 Å². The summed E-state index contributed by atoms with van der Waals surface area (Å²) in [4.78, 5) is 22.2. The molecule has 1 atom stereocenters. The monoisotopic (exact) mass is 241 g/mol. The van der Waals surface area contributed by atoms with Crippen LogP contribution in [0, 0.1) is 5.82 Å². The number of nitrogens with two attached hydrogens (primary N) is 1. The Bertz CT molecular complexity index is 447. The Labute approximate surface area is 97.3 Å². The van der Waals surface area contributed by atoms with Crippen molar-refractivity contribution < 1.29 is 23.5 Å². The average molecular weight is 241 g/mol. The molecule has 5 nitrogen and oxygen atoms in total. The third-order valence-electron chi connectivity index (χ3n) is 2.08. The zero-order valence-electron chi connectivity index (χ0n) is 9.40. The van der Waals surface area contributed by atoms with Crippen molar-refractivity contribution in [2.75, 3.05) is 7.11 Å². The molecule has 0 spiro atoms. The highest BCUT2D eigenvalue weighted by molar-refractivity contribution is 5.92. The van der Waals surface area contributed by atoms with Crippen molar-refractivity contribution in [3.63, 3.8) is 0 Å². The molecule has 0 unspecified atom stereocenters. The highest BCUT2D eigenvalue weighted by atomic mass is 19.1. The van der Waals surface area contributed by atoms with E-state index in [-0.39, 0.29) is 11.3 Å². The molecule has 0 bridgehead atoms. The first-order valence-corrected chi connectivity index (χ1v) is 4.79. The maximum Gasteiger partial charge on any atom is 0.341 e. The molecule has 0 aliphatic carbocycles. The lowest BCUT2D eigenvalue weighted by Gasteiger charge is -2.10. The second-order valence-electron chi connectivity index (χ2n) is 3.30. The van der Waals surface area contributed by atoms with Crippen molar-refractivity contribution in [1.29, 1.82) is 0 Å². The quantitative estimate of drug-likeness (QED) is 0.793. The van der Waals surface area contributed by atoms with E-state index in [0.29, 0.717) is 0 Å². The molecule has 0 aromatic heterocycles. The molecule has 6 heteroatoms. The van der Waals surface area contributed by atoms with Gasteiger partial charge in [-0.05, 0) is 19.1 Å². The Balaban J connectivity index is 2.86. The number of esters is 1. The largest absolute Gasteiger partial charge is 0.497 e. The summed E-state index contributed by atoms with van der Waals surface area (Å²) in [7, 11) is 1.38.